The second-order valence-corrected chi connectivity index (χ2v) is 12.2. The molecule has 0 aromatic heterocycles. The minimum Gasteiger partial charge on any atom is -0.508 e. The fourth-order valence-electron chi connectivity index (χ4n) is 5.02. The van der Waals surface area contributed by atoms with Crippen molar-refractivity contribution in [1.82, 2.24) is 0 Å². The molecule has 0 atom stereocenters. The van der Waals surface area contributed by atoms with Gasteiger partial charge >= 0.3 is 0 Å². The van der Waals surface area contributed by atoms with Gasteiger partial charge < -0.3 is 15.3 Å². The maximum Gasteiger partial charge on any atom is 0.115 e. The summed E-state index contributed by atoms with van der Waals surface area (Å²) in [5, 5.41) is 25.9. The summed E-state index contributed by atoms with van der Waals surface area (Å²) in [4.78, 5) is 0. The fraction of sp³-hybridized carbons (Fsp3) is 0.517. The van der Waals surface area contributed by atoms with Crippen molar-refractivity contribution in [2.24, 2.45) is 0 Å². The Hall–Kier alpha value is -6.06. The van der Waals surface area contributed by atoms with E-state index < -0.39 is 0 Å². The largest absolute Gasteiger partial charge is 0.508 e. The highest BCUT2D eigenvalue weighted by atomic mass is 16.3. The smallest absolute Gasteiger partial charge is 0.115 e. The first kappa shape index (κ1) is 178. The van der Waals surface area contributed by atoms with Crippen LogP contribution in [0.1, 0.15) is 317 Å². The van der Waals surface area contributed by atoms with Crippen LogP contribution in [0, 0.1) is 0 Å². The van der Waals surface area contributed by atoms with E-state index in [0.717, 1.165) is 25.7 Å². The van der Waals surface area contributed by atoms with E-state index in [1.165, 1.54) is 44.5 Å². The quantitative estimate of drug-likeness (QED) is 0.155. The Kier molecular flexibility index (Phi) is 287. The molecule has 7 aromatic carbocycles. The summed E-state index contributed by atoms with van der Waals surface area (Å²) in [6.45, 7) is 40.7. The lowest BCUT2D eigenvalue weighted by Gasteiger charge is -2.04. The van der Waals surface area contributed by atoms with Crippen LogP contribution in [0.3, 0.4) is 0 Å². The number of hydrogen-bond donors (Lipinski definition) is 3. The van der Waals surface area contributed by atoms with Gasteiger partial charge in [0.05, 0.1) is 0 Å². The van der Waals surface area contributed by atoms with Crippen LogP contribution in [-0.4, -0.2) is 15.3 Å². The molecule has 0 fully saturated rings. The molecule has 0 bridgehead atoms. The summed E-state index contributed by atoms with van der Waals surface area (Å²) in [6, 6.07) is 61.5. The minimum absolute atomic E-state index is 0. The van der Waals surface area contributed by atoms with Crippen molar-refractivity contribution in [2.45, 2.75) is 320 Å². The van der Waals surface area contributed by atoms with Crippen molar-refractivity contribution in [3.8, 4) is 39.5 Å². The van der Waals surface area contributed by atoms with Gasteiger partial charge in [-0.2, -0.15) is 0 Å². The van der Waals surface area contributed by atoms with E-state index in [-0.39, 0.29) is 156 Å². The molecular formula is C87H186O3. The van der Waals surface area contributed by atoms with Crippen molar-refractivity contribution >= 4 is 0 Å². The lowest BCUT2D eigenvalue weighted by molar-refractivity contribution is 0.475. The van der Waals surface area contributed by atoms with Crippen molar-refractivity contribution in [2.75, 3.05) is 0 Å². The molecule has 0 aliphatic rings. The fourth-order valence-corrected chi connectivity index (χ4v) is 5.02. The molecule has 0 spiro atoms. The predicted molar refractivity (Wildman–Crippen MR) is 458 cm³/mol. The Morgan fingerprint density at radius 1 is 0.167 bits per heavy atom. The Morgan fingerprint density at radius 2 is 0.267 bits per heavy atom. The molecule has 0 saturated carbocycles. The Morgan fingerprint density at radius 3 is 0.333 bits per heavy atom. The third-order valence-electron chi connectivity index (χ3n) is 8.38. The third kappa shape index (κ3) is 98.2. The normalized spacial score (nSPS) is 6.22. The van der Waals surface area contributed by atoms with Crippen LogP contribution in [0.15, 0.2) is 188 Å². The van der Waals surface area contributed by atoms with Gasteiger partial charge in [0.25, 0.3) is 0 Å². The number of benzene rings is 7. The number of para-hydroxylation sites is 3. The van der Waals surface area contributed by atoms with E-state index >= 15 is 0 Å². The third-order valence-corrected chi connectivity index (χ3v) is 8.38. The molecule has 3 heteroatoms. The first-order valence-electron chi connectivity index (χ1n) is 26.4. The molecular weight excluding hydrogens is 1090 g/mol. The van der Waals surface area contributed by atoms with Gasteiger partial charge in [-0.1, -0.05) is 446 Å². The predicted octanol–water partition coefficient (Wildman–Crippen LogP) is 34.7. The minimum atomic E-state index is 0. The van der Waals surface area contributed by atoms with Crippen LogP contribution >= 0.6 is 0 Å². The second kappa shape index (κ2) is 145. The molecule has 0 saturated heterocycles. The molecule has 0 unspecified atom stereocenters. The van der Waals surface area contributed by atoms with Gasteiger partial charge in [-0.15, -0.1) is 0 Å². The number of hydrogen-bond acceptors (Lipinski definition) is 3. The summed E-state index contributed by atoms with van der Waals surface area (Å²) in [5.41, 5.74) is 10.8. The molecule has 0 aliphatic heterocycles. The highest BCUT2D eigenvalue weighted by Crippen LogP contribution is 2.22. The first-order valence-corrected chi connectivity index (χ1v) is 26.4. The van der Waals surface area contributed by atoms with Gasteiger partial charge in [-0.25, -0.2) is 0 Å². The zero-order valence-corrected chi connectivity index (χ0v) is 47.6. The summed E-state index contributed by atoms with van der Waals surface area (Å²) < 4.78 is 0. The zero-order valence-electron chi connectivity index (χ0n) is 47.6. The molecule has 7 rings (SSSR count). The van der Waals surface area contributed by atoms with E-state index in [1.54, 1.807) is 72.8 Å². The van der Waals surface area contributed by atoms with E-state index in [2.05, 4.69) is 125 Å². The van der Waals surface area contributed by atoms with Crippen molar-refractivity contribution < 1.29 is 15.3 Å². The summed E-state index contributed by atoms with van der Waals surface area (Å²) in [6.07, 6.45) is 4.42. The molecule has 552 valence electrons. The van der Waals surface area contributed by atoms with Gasteiger partial charge in [0.2, 0.25) is 0 Å². The van der Waals surface area contributed by atoms with Gasteiger partial charge in [0.15, 0.2) is 0 Å². The standard InChI is InChI=1S/2C16H18.3C6H6O.8C2H6.21CH4/c2*1-3-13-5-9-15(10-6-13)16-11-7-14(4-2)8-12-16;3*7-6-4-2-1-3-5-6;8*1-2;;;;;;;;;;;;;;;;;;;;;/h2*5-12H,3-4H2,1-2H3;3*1-5,7H;8*1-2H3;21*1H4. The maximum absolute atomic E-state index is 8.63. The Labute approximate surface area is 582 Å². The van der Waals surface area contributed by atoms with Crippen LogP contribution in [0.5, 0.6) is 17.2 Å². The van der Waals surface area contributed by atoms with Crippen molar-refractivity contribution in [1.29, 1.82) is 0 Å². The number of rotatable bonds is 6. The van der Waals surface area contributed by atoms with Crippen LogP contribution in [-0.2, 0) is 25.7 Å². The van der Waals surface area contributed by atoms with Crippen LogP contribution in [0.2, 0.25) is 0 Å². The SMILES string of the molecule is C.C.C.C.C.C.C.C.C.C.C.C.C.C.C.C.C.C.C.C.C.CC.CC.CC.CC.CC.CC.CC.CC.CCc1ccc(-c2ccc(CC)cc2)cc1.CCc1ccc(-c2ccc(CC)cc2)cc1.Oc1ccccc1.Oc1ccccc1.Oc1ccccc1. The molecule has 3 N–H and O–H groups in total. The van der Waals surface area contributed by atoms with Crippen molar-refractivity contribution in [3.05, 3.63) is 210 Å². The zero-order chi connectivity index (χ0) is 54.1. The lowest BCUT2D eigenvalue weighted by atomic mass is 10.0. The Balaban J connectivity index is -0.0000000202. The monoisotopic (exact) mass is 1280 g/mol. The molecule has 0 radical (unpaired) electrons. The highest BCUT2D eigenvalue weighted by molar-refractivity contribution is 5.65. The van der Waals surface area contributed by atoms with Gasteiger partial charge in [0, 0.05) is 0 Å². The lowest BCUT2D eigenvalue weighted by Crippen LogP contribution is -1.83. The number of phenolic OH excluding ortho intramolecular Hbond substituents is 3. The number of phenols is 3. The summed E-state index contributed by atoms with van der Waals surface area (Å²) in [7, 11) is 0. The molecule has 0 aliphatic carbocycles. The number of aromatic hydroxyl groups is 3. The average Bonchev–Trinajstić information content (AvgIpc) is 3.46. The summed E-state index contributed by atoms with van der Waals surface area (Å²) in [5.74, 6) is 0.965. The first-order chi connectivity index (χ1) is 33.8. The summed E-state index contributed by atoms with van der Waals surface area (Å²) >= 11 is 0. The topological polar surface area (TPSA) is 60.7 Å². The Bertz CT molecular complexity index is 1650. The second-order valence-electron chi connectivity index (χ2n) is 12.2. The molecule has 7 aromatic rings. The average molecular weight is 1280 g/mol. The number of aryl methyl sites for hydroxylation is 4. The van der Waals surface area contributed by atoms with E-state index in [9.17, 15) is 0 Å². The van der Waals surface area contributed by atoms with Crippen LogP contribution < -0.4 is 0 Å². The van der Waals surface area contributed by atoms with E-state index in [0.29, 0.717) is 17.2 Å². The van der Waals surface area contributed by atoms with Gasteiger partial charge in [-0.05, 0) is 107 Å². The van der Waals surface area contributed by atoms with Gasteiger partial charge in [-0.3, -0.25) is 0 Å². The molecule has 0 amide bonds. The molecule has 90 heavy (non-hydrogen) atoms. The maximum atomic E-state index is 8.63. The van der Waals surface area contributed by atoms with E-state index in [1.807, 2.05) is 129 Å². The van der Waals surface area contributed by atoms with Crippen LogP contribution in [0.25, 0.3) is 22.3 Å². The molecule has 0 heterocycles. The van der Waals surface area contributed by atoms with Crippen molar-refractivity contribution in [3.63, 3.8) is 0 Å². The van der Waals surface area contributed by atoms with E-state index in [4.69, 9.17) is 15.3 Å². The van der Waals surface area contributed by atoms with Gasteiger partial charge in [0.1, 0.15) is 17.2 Å². The highest BCUT2D eigenvalue weighted by Gasteiger charge is 1.99. The van der Waals surface area contributed by atoms with Crippen LogP contribution in [0.4, 0.5) is 0 Å². The molecule has 3 nitrogen and oxygen atoms in total.